The third-order valence-corrected chi connectivity index (χ3v) is 6.15. The number of hydrogen-bond acceptors (Lipinski definition) is 4. The van der Waals surface area contributed by atoms with Gasteiger partial charge in [-0.25, -0.2) is 4.79 Å². The Bertz CT molecular complexity index is 843. The molecule has 1 heterocycles. The molecule has 4 N–H and O–H groups in total. The van der Waals surface area contributed by atoms with Gasteiger partial charge < -0.3 is 25.7 Å². The van der Waals surface area contributed by atoms with E-state index >= 15 is 0 Å². The van der Waals surface area contributed by atoms with E-state index in [0.717, 1.165) is 0 Å². The average Bonchev–Trinajstić information content (AvgIpc) is 2.99. The van der Waals surface area contributed by atoms with Crippen LogP contribution in [0.2, 0.25) is 5.02 Å². The quantitative estimate of drug-likeness (QED) is 0.557. The van der Waals surface area contributed by atoms with E-state index in [2.05, 4.69) is 10.6 Å². The summed E-state index contributed by atoms with van der Waals surface area (Å²) in [6.07, 6.45) is 0.491. The van der Waals surface area contributed by atoms with E-state index < -0.39 is 23.2 Å². The van der Waals surface area contributed by atoms with E-state index in [9.17, 15) is 19.5 Å². The SMILES string of the molecule is CC1(C)C[C@@]1(O)C(=O)N1CCC[C@H]1C(=O)NCc1cc(Cl)ccc1CNC(=O)O. The molecule has 9 heteroatoms. The summed E-state index contributed by atoms with van der Waals surface area (Å²) in [5.74, 6) is -0.677. The van der Waals surface area contributed by atoms with Gasteiger partial charge in [-0.15, -0.1) is 0 Å². The van der Waals surface area contributed by atoms with Crippen LogP contribution < -0.4 is 10.6 Å². The standard InChI is InChI=1S/C20H26ClN3O5/c1-19(2)11-20(19,29)17(26)24-7-3-4-15(24)16(25)22-10-13-8-14(21)6-5-12(13)9-23-18(27)28/h5-6,8,15,23,29H,3-4,7,9-11H2,1-2H3,(H,22,25)(H,27,28)/t15-,20+/m0/s1. The number of benzene rings is 1. The second-order valence-corrected chi connectivity index (χ2v) is 8.80. The molecule has 0 spiro atoms. The number of carbonyl (C=O) groups excluding carboxylic acids is 2. The van der Waals surface area contributed by atoms with Gasteiger partial charge in [-0.05, 0) is 42.5 Å². The zero-order valence-electron chi connectivity index (χ0n) is 16.5. The predicted octanol–water partition coefficient (Wildman–Crippen LogP) is 1.88. The molecular formula is C20H26ClN3O5. The molecule has 1 aliphatic heterocycles. The summed E-state index contributed by atoms with van der Waals surface area (Å²) in [6.45, 7) is 4.36. The zero-order chi connectivity index (χ0) is 21.4. The van der Waals surface area contributed by atoms with Crippen molar-refractivity contribution < 1.29 is 24.6 Å². The smallest absolute Gasteiger partial charge is 0.404 e. The first-order valence-electron chi connectivity index (χ1n) is 9.60. The van der Waals surface area contributed by atoms with E-state index in [1.165, 1.54) is 4.90 Å². The lowest BCUT2D eigenvalue weighted by Crippen LogP contribution is -2.50. The summed E-state index contributed by atoms with van der Waals surface area (Å²) in [7, 11) is 0. The lowest BCUT2D eigenvalue weighted by Gasteiger charge is -2.27. The third kappa shape index (κ3) is 4.33. The minimum Gasteiger partial charge on any atom is -0.465 e. The summed E-state index contributed by atoms with van der Waals surface area (Å²) in [4.78, 5) is 37.8. The fraction of sp³-hybridized carbons (Fsp3) is 0.550. The van der Waals surface area contributed by atoms with Gasteiger partial charge in [0, 0.05) is 30.1 Å². The molecule has 29 heavy (non-hydrogen) atoms. The van der Waals surface area contributed by atoms with Crippen molar-refractivity contribution in [3.8, 4) is 0 Å². The van der Waals surface area contributed by atoms with Gasteiger partial charge in [-0.3, -0.25) is 9.59 Å². The van der Waals surface area contributed by atoms with Gasteiger partial charge in [0.15, 0.2) is 0 Å². The van der Waals surface area contributed by atoms with E-state index in [0.29, 0.717) is 42.0 Å². The Morgan fingerprint density at radius 1 is 1.21 bits per heavy atom. The number of rotatable bonds is 6. The van der Waals surface area contributed by atoms with Gasteiger partial charge in [-0.2, -0.15) is 0 Å². The van der Waals surface area contributed by atoms with Gasteiger partial charge in [0.05, 0.1) is 0 Å². The van der Waals surface area contributed by atoms with Crippen molar-refractivity contribution in [2.45, 2.75) is 57.8 Å². The number of likely N-dealkylation sites (tertiary alicyclic amines) is 1. The second-order valence-electron chi connectivity index (χ2n) is 8.37. The van der Waals surface area contributed by atoms with Crippen LogP contribution >= 0.6 is 11.6 Å². The molecule has 1 aromatic rings. The van der Waals surface area contributed by atoms with Crippen LogP contribution in [-0.4, -0.2) is 51.2 Å². The molecule has 1 saturated heterocycles. The first-order chi connectivity index (χ1) is 13.5. The topological polar surface area (TPSA) is 119 Å². The lowest BCUT2D eigenvalue weighted by atomic mass is 10.1. The Labute approximate surface area is 174 Å². The molecule has 0 bridgehead atoms. The molecular weight excluding hydrogens is 398 g/mol. The number of amides is 3. The highest BCUT2D eigenvalue weighted by Gasteiger charge is 2.67. The van der Waals surface area contributed by atoms with Crippen molar-refractivity contribution in [3.05, 3.63) is 34.3 Å². The molecule has 0 radical (unpaired) electrons. The summed E-state index contributed by atoms with van der Waals surface area (Å²) in [5.41, 5.74) is -0.470. The molecule has 2 atom stereocenters. The van der Waals surface area contributed by atoms with Crippen LogP contribution in [-0.2, 0) is 22.7 Å². The van der Waals surface area contributed by atoms with Crippen LogP contribution in [0.5, 0.6) is 0 Å². The number of carboxylic acid groups (broad SMARTS) is 1. The minimum atomic E-state index is -1.39. The van der Waals surface area contributed by atoms with Gasteiger partial charge >= 0.3 is 6.09 Å². The van der Waals surface area contributed by atoms with Crippen LogP contribution in [0, 0.1) is 5.41 Å². The average molecular weight is 424 g/mol. The largest absolute Gasteiger partial charge is 0.465 e. The van der Waals surface area contributed by atoms with Crippen LogP contribution in [0.25, 0.3) is 0 Å². The van der Waals surface area contributed by atoms with E-state index in [1.807, 2.05) is 13.8 Å². The number of nitrogens with zero attached hydrogens (tertiary/aromatic N) is 1. The van der Waals surface area contributed by atoms with Crippen LogP contribution in [0.3, 0.4) is 0 Å². The Balaban J connectivity index is 1.65. The second kappa shape index (κ2) is 7.84. The number of hydrogen-bond donors (Lipinski definition) is 4. The lowest BCUT2D eigenvalue weighted by molar-refractivity contribution is -0.149. The Morgan fingerprint density at radius 2 is 1.86 bits per heavy atom. The molecule has 3 amide bonds. The van der Waals surface area contributed by atoms with Gasteiger partial charge in [0.1, 0.15) is 11.6 Å². The van der Waals surface area contributed by atoms with Crippen LogP contribution in [0.15, 0.2) is 18.2 Å². The fourth-order valence-corrected chi connectivity index (χ4v) is 4.08. The first kappa shape index (κ1) is 21.4. The molecule has 1 aliphatic carbocycles. The van der Waals surface area contributed by atoms with E-state index in [4.69, 9.17) is 16.7 Å². The predicted molar refractivity (Wildman–Crippen MR) is 106 cm³/mol. The Morgan fingerprint density at radius 3 is 2.48 bits per heavy atom. The summed E-state index contributed by atoms with van der Waals surface area (Å²) < 4.78 is 0. The molecule has 1 saturated carbocycles. The van der Waals surface area contributed by atoms with Crippen molar-refractivity contribution in [1.29, 1.82) is 0 Å². The monoisotopic (exact) mass is 423 g/mol. The van der Waals surface area contributed by atoms with E-state index in [1.54, 1.807) is 18.2 Å². The van der Waals surface area contributed by atoms with Crippen molar-refractivity contribution in [1.82, 2.24) is 15.5 Å². The summed E-state index contributed by atoms with van der Waals surface area (Å²) >= 11 is 6.04. The molecule has 0 unspecified atom stereocenters. The maximum atomic E-state index is 12.8. The summed E-state index contributed by atoms with van der Waals surface area (Å²) in [5, 5.41) is 25.0. The highest BCUT2D eigenvalue weighted by molar-refractivity contribution is 6.30. The molecule has 3 rings (SSSR count). The fourth-order valence-electron chi connectivity index (χ4n) is 3.88. The third-order valence-electron chi connectivity index (χ3n) is 5.91. The Hall–Kier alpha value is -2.32. The first-order valence-corrected chi connectivity index (χ1v) is 9.98. The van der Waals surface area contributed by atoms with E-state index in [-0.39, 0.29) is 24.9 Å². The molecule has 158 valence electrons. The maximum absolute atomic E-state index is 12.8. The van der Waals surface area contributed by atoms with Crippen molar-refractivity contribution in [2.24, 2.45) is 5.41 Å². The molecule has 8 nitrogen and oxygen atoms in total. The van der Waals surface area contributed by atoms with Crippen molar-refractivity contribution in [2.75, 3.05) is 6.54 Å². The van der Waals surface area contributed by atoms with Crippen molar-refractivity contribution >= 4 is 29.5 Å². The zero-order valence-corrected chi connectivity index (χ0v) is 17.3. The van der Waals surface area contributed by atoms with Crippen LogP contribution in [0.4, 0.5) is 4.79 Å². The van der Waals surface area contributed by atoms with Gasteiger partial charge in [0.25, 0.3) is 5.91 Å². The van der Waals surface area contributed by atoms with Crippen LogP contribution in [0.1, 0.15) is 44.2 Å². The highest BCUT2D eigenvalue weighted by Crippen LogP contribution is 2.56. The molecule has 0 aromatic heterocycles. The summed E-state index contributed by atoms with van der Waals surface area (Å²) in [6, 6.07) is 4.41. The maximum Gasteiger partial charge on any atom is 0.404 e. The Kier molecular flexibility index (Phi) is 5.78. The van der Waals surface area contributed by atoms with Gasteiger partial charge in [0.2, 0.25) is 5.91 Å². The van der Waals surface area contributed by atoms with Crippen molar-refractivity contribution in [3.63, 3.8) is 0 Å². The minimum absolute atomic E-state index is 0.0911. The number of nitrogens with one attached hydrogen (secondary N) is 2. The highest BCUT2D eigenvalue weighted by atomic mass is 35.5. The number of carbonyl (C=O) groups is 3. The number of halogens is 1. The molecule has 2 fully saturated rings. The normalized spacial score (nSPS) is 24.8. The number of aliphatic hydroxyl groups is 1. The molecule has 1 aromatic carbocycles. The van der Waals surface area contributed by atoms with Gasteiger partial charge in [-0.1, -0.05) is 31.5 Å². The molecule has 2 aliphatic rings.